The number of morpholine rings is 1. The average Bonchev–Trinajstić information content (AvgIpc) is 2.46. The van der Waals surface area contributed by atoms with E-state index in [1.165, 1.54) is 0 Å². The lowest BCUT2D eigenvalue weighted by Gasteiger charge is -2.39. The van der Waals surface area contributed by atoms with Gasteiger partial charge < -0.3 is 24.7 Å². The summed E-state index contributed by atoms with van der Waals surface area (Å²) in [4.78, 5) is 26.5. The minimum absolute atomic E-state index is 0.0677. The molecule has 0 aromatic carbocycles. The summed E-state index contributed by atoms with van der Waals surface area (Å²) < 4.78 is 5.37. The molecule has 2 rings (SSSR count). The molecule has 2 fully saturated rings. The standard InChI is InChI=1S/C13H22N2O5/c16-9-10-2-1-3-14(7-10)13(19)15-4-5-20-11(8-15)6-12(17)18/h10-11,16H,1-9H2,(H,17,18). The van der Waals surface area contributed by atoms with Crippen LogP contribution in [0.5, 0.6) is 0 Å². The predicted octanol–water partition coefficient (Wildman–Crippen LogP) is -0.0138. The SMILES string of the molecule is O=C(O)CC1CN(C(=O)N2CCCC(CO)C2)CCO1. The Hall–Kier alpha value is -1.34. The molecular weight excluding hydrogens is 264 g/mol. The molecule has 2 unspecified atom stereocenters. The van der Waals surface area contributed by atoms with Crippen molar-refractivity contribution in [2.75, 3.05) is 39.4 Å². The first-order valence-corrected chi connectivity index (χ1v) is 7.08. The van der Waals surface area contributed by atoms with Gasteiger partial charge in [0.1, 0.15) is 0 Å². The Bertz CT molecular complexity index is 363. The lowest BCUT2D eigenvalue weighted by Crippen LogP contribution is -2.53. The highest BCUT2D eigenvalue weighted by molar-refractivity contribution is 5.75. The summed E-state index contributed by atoms with van der Waals surface area (Å²) in [5, 5.41) is 18.0. The zero-order chi connectivity index (χ0) is 14.5. The molecule has 7 heteroatoms. The number of ether oxygens (including phenoxy) is 1. The number of piperidine rings is 1. The molecule has 2 heterocycles. The smallest absolute Gasteiger partial charge is 0.320 e. The number of carboxylic acid groups (broad SMARTS) is 1. The highest BCUT2D eigenvalue weighted by Crippen LogP contribution is 2.18. The minimum Gasteiger partial charge on any atom is -0.481 e. The van der Waals surface area contributed by atoms with Crippen molar-refractivity contribution < 1.29 is 24.5 Å². The van der Waals surface area contributed by atoms with Crippen molar-refractivity contribution in [2.24, 2.45) is 5.92 Å². The van der Waals surface area contributed by atoms with Crippen molar-refractivity contribution in [1.29, 1.82) is 0 Å². The monoisotopic (exact) mass is 286 g/mol. The molecule has 0 saturated carbocycles. The molecule has 20 heavy (non-hydrogen) atoms. The molecule has 0 aromatic rings. The first-order chi connectivity index (χ1) is 9.60. The van der Waals surface area contributed by atoms with Crippen LogP contribution in [0.4, 0.5) is 4.79 Å². The van der Waals surface area contributed by atoms with Gasteiger partial charge in [-0.2, -0.15) is 0 Å². The van der Waals surface area contributed by atoms with Gasteiger partial charge in [0.2, 0.25) is 0 Å². The largest absolute Gasteiger partial charge is 0.481 e. The van der Waals surface area contributed by atoms with Crippen LogP contribution >= 0.6 is 0 Å². The maximum atomic E-state index is 12.4. The lowest BCUT2D eigenvalue weighted by molar-refractivity contribution is -0.141. The Kier molecular flexibility index (Phi) is 5.19. The Balaban J connectivity index is 1.89. The van der Waals surface area contributed by atoms with Crippen LogP contribution in [0.2, 0.25) is 0 Å². The number of aliphatic carboxylic acids is 1. The molecule has 2 amide bonds. The summed E-state index contributed by atoms with van der Waals surface area (Å²) in [6.45, 7) is 2.59. The van der Waals surface area contributed by atoms with Crippen LogP contribution in [0.3, 0.4) is 0 Å². The number of hydrogen-bond donors (Lipinski definition) is 2. The molecule has 0 aliphatic carbocycles. The van der Waals surface area contributed by atoms with Crippen LogP contribution in [-0.2, 0) is 9.53 Å². The number of rotatable bonds is 3. The fourth-order valence-corrected chi connectivity index (χ4v) is 2.80. The fourth-order valence-electron chi connectivity index (χ4n) is 2.80. The molecule has 2 N–H and O–H groups in total. The van der Waals surface area contributed by atoms with Crippen LogP contribution in [0.25, 0.3) is 0 Å². The molecule has 7 nitrogen and oxygen atoms in total. The first-order valence-electron chi connectivity index (χ1n) is 7.08. The van der Waals surface area contributed by atoms with E-state index in [1.807, 2.05) is 0 Å². The second-order valence-electron chi connectivity index (χ2n) is 5.46. The number of carbonyl (C=O) groups is 2. The van der Waals surface area contributed by atoms with Gasteiger partial charge >= 0.3 is 12.0 Å². The zero-order valence-corrected chi connectivity index (χ0v) is 11.5. The fraction of sp³-hybridized carbons (Fsp3) is 0.846. The summed E-state index contributed by atoms with van der Waals surface area (Å²) in [7, 11) is 0. The number of hydrogen-bond acceptors (Lipinski definition) is 4. The van der Waals surface area contributed by atoms with Crippen LogP contribution in [0.15, 0.2) is 0 Å². The Labute approximate surface area is 118 Å². The van der Waals surface area contributed by atoms with Gasteiger partial charge in [0.05, 0.1) is 19.1 Å². The number of nitrogens with zero attached hydrogens (tertiary/aromatic N) is 2. The molecule has 0 radical (unpaired) electrons. The van der Waals surface area contributed by atoms with Crippen LogP contribution < -0.4 is 0 Å². The maximum Gasteiger partial charge on any atom is 0.320 e. The molecule has 0 bridgehead atoms. The summed E-state index contributed by atoms with van der Waals surface area (Å²) >= 11 is 0. The number of amides is 2. The van der Waals surface area contributed by atoms with Gasteiger partial charge in [-0.1, -0.05) is 0 Å². The van der Waals surface area contributed by atoms with Crippen molar-refractivity contribution >= 4 is 12.0 Å². The van der Waals surface area contributed by atoms with Gasteiger partial charge in [-0.05, 0) is 18.8 Å². The van der Waals surface area contributed by atoms with E-state index in [2.05, 4.69) is 0 Å². The van der Waals surface area contributed by atoms with Crippen LogP contribution in [0, 0.1) is 5.92 Å². The van der Waals surface area contributed by atoms with Crippen molar-refractivity contribution in [3.63, 3.8) is 0 Å². The highest BCUT2D eigenvalue weighted by Gasteiger charge is 2.31. The van der Waals surface area contributed by atoms with Gasteiger partial charge in [0.25, 0.3) is 0 Å². The second kappa shape index (κ2) is 6.90. The molecule has 114 valence electrons. The Morgan fingerprint density at radius 2 is 1.95 bits per heavy atom. The van der Waals surface area contributed by atoms with E-state index in [-0.39, 0.29) is 25.0 Å². The van der Waals surface area contributed by atoms with Gasteiger partial charge in [0.15, 0.2) is 0 Å². The van der Waals surface area contributed by atoms with Gasteiger partial charge in [0, 0.05) is 32.8 Å². The third-order valence-electron chi connectivity index (χ3n) is 3.86. The Morgan fingerprint density at radius 3 is 2.65 bits per heavy atom. The third kappa shape index (κ3) is 3.83. The van der Waals surface area contributed by atoms with E-state index in [4.69, 9.17) is 9.84 Å². The molecule has 0 aromatic heterocycles. The molecule has 2 saturated heterocycles. The summed E-state index contributed by atoms with van der Waals surface area (Å²) in [6.07, 6.45) is 1.34. The van der Waals surface area contributed by atoms with E-state index in [0.717, 1.165) is 12.8 Å². The molecule has 2 aliphatic rings. The molecule has 2 aliphatic heterocycles. The summed E-state index contributed by atoms with van der Waals surface area (Å²) in [5.74, 6) is -0.758. The predicted molar refractivity (Wildman–Crippen MR) is 70.3 cm³/mol. The van der Waals surface area contributed by atoms with Crippen molar-refractivity contribution in [3.8, 4) is 0 Å². The van der Waals surface area contributed by atoms with E-state index >= 15 is 0 Å². The van der Waals surface area contributed by atoms with E-state index in [0.29, 0.717) is 32.8 Å². The van der Waals surface area contributed by atoms with E-state index in [9.17, 15) is 14.7 Å². The van der Waals surface area contributed by atoms with Crippen molar-refractivity contribution in [3.05, 3.63) is 0 Å². The first kappa shape index (κ1) is 15.1. The average molecular weight is 286 g/mol. The molecule has 2 atom stereocenters. The normalized spacial score (nSPS) is 27.4. The number of carbonyl (C=O) groups excluding carboxylic acids is 1. The minimum atomic E-state index is -0.914. The molecular formula is C13H22N2O5. The summed E-state index contributed by atoms with van der Waals surface area (Å²) in [5.41, 5.74) is 0. The van der Waals surface area contributed by atoms with Gasteiger partial charge in [-0.25, -0.2) is 4.79 Å². The number of likely N-dealkylation sites (tertiary alicyclic amines) is 1. The van der Waals surface area contributed by atoms with Crippen LogP contribution in [-0.4, -0.2) is 77.5 Å². The second-order valence-corrected chi connectivity index (χ2v) is 5.46. The zero-order valence-electron chi connectivity index (χ0n) is 11.5. The van der Waals surface area contributed by atoms with Gasteiger partial charge in [-0.15, -0.1) is 0 Å². The quantitative estimate of drug-likeness (QED) is 0.761. The van der Waals surface area contributed by atoms with Crippen molar-refractivity contribution in [2.45, 2.75) is 25.4 Å². The maximum absolute atomic E-state index is 12.4. The number of urea groups is 1. The highest BCUT2D eigenvalue weighted by atomic mass is 16.5. The topological polar surface area (TPSA) is 90.3 Å². The van der Waals surface area contributed by atoms with Crippen LogP contribution in [0.1, 0.15) is 19.3 Å². The Morgan fingerprint density at radius 1 is 1.20 bits per heavy atom. The van der Waals surface area contributed by atoms with E-state index in [1.54, 1.807) is 9.80 Å². The summed E-state index contributed by atoms with van der Waals surface area (Å²) in [6, 6.07) is -0.0677. The van der Waals surface area contributed by atoms with Gasteiger partial charge in [-0.3, -0.25) is 4.79 Å². The lowest BCUT2D eigenvalue weighted by atomic mass is 9.99. The molecule has 0 spiro atoms. The number of aliphatic hydroxyl groups excluding tert-OH is 1. The van der Waals surface area contributed by atoms with E-state index < -0.39 is 12.1 Å². The third-order valence-corrected chi connectivity index (χ3v) is 3.86. The number of carboxylic acids is 1. The van der Waals surface area contributed by atoms with Crippen molar-refractivity contribution in [1.82, 2.24) is 9.80 Å². The number of aliphatic hydroxyl groups is 1.